The number of fused-ring (bicyclic) bond motifs is 2. The van der Waals surface area contributed by atoms with E-state index in [0.29, 0.717) is 35.3 Å². The zero-order valence-corrected chi connectivity index (χ0v) is 18.7. The first-order chi connectivity index (χ1) is 14.0. The fraction of sp³-hybridized carbons (Fsp3) is 0.333. The number of nitrogens with zero attached hydrogens (tertiary/aromatic N) is 3. The minimum absolute atomic E-state index is 0. The smallest absolute Gasteiger partial charge is 0.260 e. The molecule has 0 unspecified atom stereocenters. The molecule has 160 valence electrons. The quantitative estimate of drug-likeness (QED) is 0.542. The summed E-state index contributed by atoms with van der Waals surface area (Å²) in [7, 11) is 3.97. The summed E-state index contributed by atoms with van der Waals surface area (Å²) in [4.78, 5) is 21.8. The van der Waals surface area contributed by atoms with Crippen molar-refractivity contribution >= 4 is 45.0 Å². The predicted octanol–water partition coefficient (Wildman–Crippen LogP) is 4.05. The molecule has 2 aromatic carbocycles. The highest BCUT2D eigenvalue weighted by atomic mass is 35.5. The molecule has 1 amide bonds. The second-order valence-electron chi connectivity index (χ2n) is 6.89. The summed E-state index contributed by atoms with van der Waals surface area (Å²) in [6.07, 6.45) is 0. The highest BCUT2D eigenvalue weighted by Crippen LogP contribution is 2.40. The highest BCUT2D eigenvalue weighted by molar-refractivity contribution is 7.22. The second kappa shape index (κ2) is 9.51. The molecule has 4 rings (SSSR count). The molecular weight excluding hydrogens is 426 g/mol. The number of anilines is 1. The number of likely N-dealkylation sites (N-methyl/N-ethyl adjacent to an activating group) is 1. The molecule has 0 bridgehead atoms. The van der Waals surface area contributed by atoms with Crippen molar-refractivity contribution < 1.29 is 19.0 Å². The summed E-state index contributed by atoms with van der Waals surface area (Å²) in [6, 6.07) is 11.0. The molecule has 0 radical (unpaired) electrons. The fourth-order valence-corrected chi connectivity index (χ4v) is 4.02. The third-order valence-electron chi connectivity index (χ3n) is 4.53. The lowest BCUT2D eigenvalue weighted by atomic mass is 10.2. The summed E-state index contributed by atoms with van der Waals surface area (Å²) in [6.45, 7) is 4.00. The third-order valence-corrected chi connectivity index (χ3v) is 5.57. The maximum Gasteiger partial charge on any atom is 0.260 e. The Morgan fingerprint density at radius 1 is 1.13 bits per heavy atom. The summed E-state index contributed by atoms with van der Waals surface area (Å²) < 4.78 is 17.3. The van der Waals surface area contributed by atoms with E-state index in [2.05, 4.69) is 0 Å². The minimum atomic E-state index is -0.0889. The number of benzene rings is 2. The van der Waals surface area contributed by atoms with Crippen LogP contribution in [-0.2, 0) is 0 Å². The molecule has 7 nitrogen and oxygen atoms in total. The molecule has 2 heterocycles. The Kier molecular flexibility index (Phi) is 7.02. The Hall–Kier alpha value is -2.55. The van der Waals surface area contributed by atoms with Crippen molar-refractivity contribution in [1.29, 1.82) is 0 Å². The van der Waals surface area contributed by atoms with Gasteiger partial charge in [-0.05, 0) is 45.3 Å². The summed E-state index contributed by atoms with van der Waals surface area (Å²) in [5.74, 6) is 2.06. The Morgan fingerprint density at radius 3 is 2.50 bits per heavy atom. The Bertz CT molecular complexity index is 982. The number of halogens is 1. The van der Waals surface area contributed by atoms with Crippen LogP contribution >= 0.6 is 23.7 Å². The number of carbonyl (C=O) groups excluding carboxylic acids is 1. The van der Waals surface area contributed by atoms with Crippen molar-refractivity contribution in [1.82, 2.24) is 9.88 Å². The molecule has 0 atom stereocenters. The molecule has 9 heteroatoms. The predicted molar refractivity (Wildman–Crippen MR) is 121 cm³/mol. The molecule has 0 fully saturated rings. The number of hydrogen-bond donors (Lipinski definition) is 0. The first-order valence-corrected chi connectivity index (χ1v) is 10.3. The molecule has 0 aliphatic carbocycles. The maximum atomic E-state index is 13.3. The van der Waals surface area contributed by atoms with Gasteiger partial charge in [0, 0.05) is 30.8 Å². The van der Waals surface area contributed by atoms with Gasteiger partial charge in [-0.3, -0.25) is 9.69 Å². The van der Waals surface area contributed by atoms with Crippen molar-refractivity contribution in [3.05, 3.63) is 42.0 Å². The number of aromatic nitrogens is 1. The molecule has 0 N–H and O–H groups in total. The first-order valence-electron chi connectivity index (χ1n) is 9.45. The number of thiazole rings is 1. The van der Waals surface area contributed by atoms with E-state index in [4.69, 9.17) is 19.2 Å². The van der Waals surface area contributed by atoms with Crippen LogP contribution in [0.1, 0.15) is 17.3 Å². The zero-order chi connectivity index (χ0) is 20.4. The van der Waals surface area contributed by atoms with E-state index in [1.54, 1.807) is 17.0 Å². The summed E-state index contributed by atoms with van der Waals surface area (Å²) in [5.41, 5.74) is 1.39. The molecule has 1 aromatic heterocycles. The average Bonchev–Trinajstić information content (AvgIpc) is 3.32. The van der Waals surface area contributed by atoms with Gasteiger partial charge in [0.25, 0.3) is 5.91 Å². The van der Waals surface area contributed by atoms with Crippen molar-refractivity contribution in [3.8, 4) is 17.2 Å². The normalized spacial score (nSPS) is 12.1. The lowest BCUT2D eigenvalue weighted by Gasteiger charge is -2.22. The largest absolute Gasteiger partial charge is 0.494 e. The molecule has 1 aliphatic heterocycles. The van der Waals surface area contributed by atoms with Gasteiger partial charge in [0.2, 0.25) is 6.79 Å². The van der Waals surface area contributed by atoms with Gasteiger partial charge in [0.1, 0.15) is 5.75 Å². The van der Waals surface area contributed by atoms with Crippen LogP contribution in [0.3, 0.4) is 0 Å². The van der Waals surface area contributed by atoms with Crippen LogP contribution < -0.4 is 19.1 Å². The monoisotopic (exact) mass is 449 g/mol. The SMILES string of the molecule is CCOc1ccc(C(=O)N(CCN(C)C)c2nc3cc4c(cc3s2)OCO4)cc1.Cl. The standard InChI is InChI=1S/C21H23N3O4S.ClH/c1-4-26-15-7-5-14(6-8-15)20(25)24(10-9-23(2)3)21-22-16-11-17-18(28-13-27-17)12-19(16)29-21;/h5-8,11-12H,4,9-10,13H2,1-3H3;1H. The van der Waals surface area contributed by atoms with E-state index >= 15 is 0 Å². The van der Waals surface area contributed by atoms with E-state index in [-0.39, 0.29) is 25.1 Å². The van der Waals surface area contributed by atoms with Gasteiger partial charge in [-0.2, -0.15) is 0 Å². The Balaban J connectivity index is 0.00000256. The van der Waals surface area contributed by atoms with E-state index in [9.17, 15) is 4.79 Å². The topological polar surface area (TPSA) is 64.1 Å². The van der Waals surface area contributed by atoms with Crippen LogP contribution in [0.4, 0.5) is 5.13 Å². The fourth-order valence-electron chi connectivity index (χ4n) is 3.02. The molecule has 3 aromatic rings. The maximum absolute atomic E-state index is 13.3. The van der Waals surface area contributed by atoms with Gasteiger partial charge in [0.15, 0.2) is 16.6 Å². The summed E-state index contributed by atoms with van der Waals surface area (Å²) in [5, 5.41) is 0.657. The van der Waals surface area contributed by atoms with Gasteiger partial charge in [-0.25, -0.2) is 4.98 Å². The van der Waals surface area contributed by atoms with Crippen molar-refractivity contribution in [3.63, 3.8) is 0 Å². The molecule has 30 heavy (non-hydrogen) atoms. The number of amides is 1. The minimum Gasteiger partial charge on any atom is -0.494 e. The number of rotatable bonds is 7. The number of carbonyl (C=O) groups is 1. The van der Waals surface area contributed by atoms with Crippen LogP contribution in [0, 0.1) is 0 Å². The van der Waals surface area contributed by atoms with Crippen LogP contribution in [0.15, 0.2) is 36.4 Å². The molecule has 0 saturated heterocycles. The van der Waals surface area contributed by atoms with Crippen LogP contribution in [0.5, 0.6) is 17.2 Å². The lowest BCUT2D eigenvalue weighted by molar-refractivity contribution is 0.0985. The molecule has 0 spiro atoms. The average molecular weight is 450 g/mol. The van der Waals surface area contributed by atoms with Crippen LogP contribution in [0.2, 0.25) is 0 Å². The third kappa shape index (κ3) is 4.61. The van der Waals surface area contributed by atoms with Crippen molar-refractivity contribution in [2.24, 2.45) is 0 Å². The number of hydrogen-bond acceptors (Lipinski definition) is 7. The molecule has 0 saturated carbocycles. The van der Waals surface area contributed by atoms with Crippen LogP contribution in [0.25, 0.3) is 10.2 Å². The van der Waals surface area contributed by atoms with E-state index < -0.39 is 0 Å². The van der Waals surface area contributed by atoms with Gasteiger partial charge in [-0.15, -0.1) is 12.4 Å². The highest BCUT2D eigenvalue weighted by Gasteiger charge is 2.23. The van der Waals surface area contributed by atoms with E-state index in [0.717, 1.165) is 22.5 Å². The van der Waals surface area contributed by atoms with Gasteiger partial charge in [-0.1, -0.05) is 11.3 Å². The summed E-state index contributed by atoms with van der Waals surface area (Å²) >= 11 is 1.47. The van der Waals surface area contributed by atoms with Gasteiger partial charge in [0.05, 0.1) is 16.8 Å². The lowest BCUT2D eigenvalue weighted by Crippen LogP contribution is -2.36. The molecular formula is C21H24ClN3O4S. The van der Waals surface area contributed by atoms with E-state index in [1.807, 2.05) is 50.2 Å². The Morgan fingerprint density at radius 2 is 1.83 bits per heavy atom. The first kappa shape index (κ1) is 22.1. The van der Waals surface area contributed by atoms with Gasteiger partial charge >= 0.3 is 0 Å². The second-order valence-corrected chi connectivity index (χ2v) is 7.90. The van der Waals surface area contributed by atoms with E-state index in [1.165, 1.54) is 11.3 Å². The zero-order valence-electron chi connectivity index (χ0n) is 17.1. The van der Waals surface area contributed by atoms with Crippen LogP contribution in [-0.4, -0.2) is 56.4 Å². The molecule has 1 aliphatic rings. The van der Waals surface area contributed by atoms with Crippen molar-refractivity contribution in [2.75, 3.05) is 45.5 Å². The number of ether oxygens (including phenoxy) is 3. The van der Waals surface area contributed by atoms with Gasteiger partial charge < -0.3 is 19.1 Å². The van der Waals surface area contributed by atoms with Crippen molar-refractivity contribution in [2.45, 2.75) is 6.92 Å². The Labute approximate surface area is 185 Å².